The molecule has 17 heavy (non-hydrogen) atoms. The molecule has 0 aliphatic heterocycles. The number of rotatable bonds is 3. The number of nitrogens with two attached hydrogens (primary N) is 1. The largest absolute Gasteiger partial charge is 0.435 e. The van der Waals surface area contributed by atoms with E-state index in [4.69, 9.17) is 5.73 Å². The Morgan fingerprint density at radius 1 is 1.35 bits per heavy atom. The number of anilines is 1. The molecule has 90 valence electrons. The van der Waals surface area contributed by atoms with Crippen LogP contribution in [0.4, 0.5) is 14.6 Å². The van der Waals surface area contributed by atoms with Gasteiger partial charge in [0.15, 0.2) is 0 Å². The fraction of sp³-hybridized carbons (Fsp3) is 0.182. The summed E-state index contributed by atoms with van der Waals surface area (Å²) in [5.74, 6) is 0.515. The van der Waals surface area contributed by atoms with Gasteiger partial charge in [0.05, 0.1) is 5.69 Å². The zero-order valence-electron chi connectivity index (χ0n) is 9.08. The summed E-state index contributed by atoms with van der Waals surface area (Å²) in [7, 11) is 0. The Morgan fingerprint density at radius 2 is 2.12 bits per heavy atom. The van der Waals surface area contributed by atoms with Crippen LogP contribution in [0.25, 0.3) is 11.3 Å². The zero-order valence-corrected chi connectivity index (χ0v) is 9.08. The fourth-order valence-electron chi connectivity index (χ4n) is 1.59. The minimum atomic E-state index is -2.82. The van der Waals surface area contributed by atoms with Crippen LogP contribution in [-0.2, 0) is 0 Å². The number of ether oxygens (including phenoxy) is 1. The van der Waals surface area contributed by atoms with Crippen molar-refractivity contribution in [3.63, 3.8) is 0 Å². The van der Waals surface area contributed by atoms with E-state index in [1.807, 2.05) is 0 Å². The van der Waals surface area contributed by atoms with Crippen LogP contribution in [0.1, 0.15) is 5.56 Å². The number of H-pyrrole nitrogens is 1. The van der Waals surface area contributed by atoms with Gasteiger partial charge in [-0.3, -0.25) is 5.10 Å². The summed E-state index contributed by atoms with van der Waals surface area (Å²) < 4.78 is 28.4. The van der Waals surface area contributed by atoms with E-state index >= 15 is 0 Å². The number of aryl methyl sites for hydroxylation is 1. The molecule has 0 aliphatic carbocycles. The van der Waals surface area contributed by atoms with Gasteiger partial charge in [-0.25, -0.2) is 0 Å². The van der Waals surface area contributed by atoms with E-state index in [9.17, 15) is 8.78 Å². The quantitative estimate of drug-likeness (QED) is 0.865. The summed E-state index contributed by atoms with van der Waals surface area (Å²) in [5.41, 5.74) is 7.88. The maximum absolute atomic E-state index is 12.0. The Hall–Kier alpha value is -2.11. The van der Waals surface area contributed by atoms with Crippen molar-refractivity contribution < 1.29 is 13.5 Å². The van der Waals surface area contributed by atoms with Crippen LogP contribution < -0.4 is 10.5 Å². The van der Waals surface area contributed by atoms with Gasteiger partial charge in [-0.2, -0.15) is 13.9 Å². The highest BCUT2D eigenvalue weighted by Crippen LogP contribution is 2.26. The first-order chi connectivity index (χ1) is 8.06. The molecule has 0 bridgehead atoms. The van der Waals surface area contributed by atoms with Crippen molar-refractivity contribution in [2.45, 2.75) is 13.5 Å². The third kappa shape index (κ3) is 2.52. The first-order valence-electron chi connectivity index (χ1n) is 4.93. The Morgan fingerprint density at radius 3 is 2.65 bits per heavy atom. The first kappa shape index (κ1) is 11.4. The van der Waals surface area contributed by atoms with E-state index in [1.54, 1.807) is 25.1 Å². The van der Waals surface area contributed by atoms with Crippen molar-refractivity contribution in [2.75, 3.05) is 5.73 Å². The number of alkyl halides is 2. The van der Waals surface area contributed by atoms with E-state index in [2.05, 4.69) is 14.9 Å². The molecule has 0 amide bonds. The van der Waals surface area contributed by atoms with Gasteiger partial charge in [-0.1, -0.05) is 0 Å². The minimum Gasteiger partial charge on any atom is -0.435 e. The second kappa shape index (κ2) is 4.40. The number of nitrogens with one attached hydrogen (secondary N) is 1. The molecule has 0 unspecified atom stereocenters. The van der Waals surface area contributed by atoms with Crippen molar-refractivity contribution in [1.29, 1.82) is 0 Å². The fourth-order valence-corrected chi connectivity index (χ4v) is 1.59. The molecule has 1 aromatic carbocycles. The molecule has 0 atom stereocenters. The van der Waals surface area contributed by atoms with E-state index in [0.717, 1.165) is 16.8 Å². The lowest BCUT2D eigenvalue weighted by molar-refractivity contribution is -0.0498. The van der Waals surface area contributed by atoms with Gasteiger partial charge in [0.25, 0.3) is 0 Å². The maximum Gasteiger partial charge on any atom is 0.387 e. The average molecular weight is 239 g/mol. The minimum absolute atomic E-state index is 0.133. The van der Waals surface area contributed by atoms with Gasteiger partial charge in [-0.05, 0) is 30.7 Å². The van der Waals surface area contributed by atoms with E-state index in [-0.39, 0.29) is 5.75 Å². The molecule has 0 fully saturated rings. The molecule has 3 N–H and O–H groups in total. The standard InChI is InChI=1S/C11H11F2N3O/c1-6-4-7(17-11(12)13)2-3-8(6)9-5-10(14)16-15-9/h2-5,11H,1H3,(H3,14,15,16). The SMILES string of the molecule is Cc1cc(OC(F)F)ccc1-c1cc(N)n[nH]1. The number of aromatic nitrogens is 2. The van der Waals surface area contributed by atoms with Gasteiger partial charge < -0.3 is 10.5 Å². The van der Waals surface area contributed by atoms with Crippen molar-refractivity contribution >= 4 is 5.82 Å². The highest BCUT2D eigenvalue weighted by Gasteiger charge is 2.08. The van der Waals surface area contributed by atoms with Gasteiger partial charge in [0.2, 0.25) is 0 Å². The molecule has 2 rings (SSSR count). The average Bonchev–Trinajstić information content (AvgIpc) is 2.64. The third-order valence-corrected chi connectivity index (χ3v) is 2.31. The Kier molecular flexibility index (Phi) is 2.95. The maximum atomic E-state index is 12.0. The topological polar surface area (TPSA) is 63.9 Å². The molecule has 1 heterocycles. The molecule has 4 nitrogen and oxygen atoms in total. The monoisotopic (exact) mass is 239 g/mol. The van der Waals surface area contributed by atoms with E-state index < -0.39 is 6.61 Å². The predicted octanol–water partition coefficient (Wildman–Crippen LogP) is 2.57. The van der Waals surface area contributed by atoms with E-state index in [0.29, 0.717) is 5.82 Å². The van der Waals surface area contributed by atoms with Gasteiger partial charge in [-0.15, -0.1) is 0 Å². The van der Waals surface area contributed by atoms with Crippen molar-refractivity contribution in [3.8, 4) is 17.0 Å². The summed E-state index contributed by atoms with van der Waals surface area (Å²) >= 11 is 0. The summed E-state index contributed by atoms with van der Waals surface area (Å²) in [5, 5.41) is 6.57. The molecule has 0 saturated carbocycles. The van der Waals surface area contributed by atoms with Crippen LogP contribution >= 0.6 is 0 Å². The number of hydrogen-bond donors (Lipinski definition) is 2. The second-order valence-corrected chi connectivity index (χ2v) is 3.56. The van der Waals surface area contributed by atoms with Crippen LogP contribution in [0.2, 0.25) is 0 Å². The number of nitrogens with zero attached hydrogens (tertiary/aromatic N) is 1. The highest BCUT2D eigenvalue weighted by atomic mass is 19.3. The molecule has 0 saturated heterocycles. The lowest BCUT2D eigenvalue weighted by Gasteiger charge is -2.08. The first-order valence-corrected chi connectivity index (χ1v) is 4.93. The molecular formula is C11H11F2N3O. The highest BCUT2D eigenvalue weighted by molar-refractivity contribution is 5.66. The van der Waals surface area contributed by atoms with Gasteiger partial charge in [0, 0.05) is 11.6 Å². The zero-order chi connectivity index (χ0) is 12.4. The Balaban J connectivity index is 2.31. The number of hydrogen-bond acceptors (Lipinski definition) is 3. The van der Waals surface area contributed by atoms with Crippen LogP contribution in [0.15, 0.2) is 24.3 Å². The lowest BCUT2D eigenvalue weighted by atomic mass is 10.1. The molecule has 2 aromatic rings. The normalized spacial score (nSPS) is 10.8. The molecule has 6 heteroatoms. The van der Waals surface area contributed by atoms with Crippen molar-refractivity contribution in [1.82, 2.24) is 10.2 Å². The third-order valence-electron chi connectivity index (χ3n) is 2.31. The molecule has 1 aromatic heterocycles. The van der Waals surface area contributed by atoms with Crippen molar-refractivity contribution in [2.24, 2.45) is 0 Å². The van der Waals surface area contributed by atoms with Gasteiger partial charge >= 0.3 is 6.61 Å². The molecule has 0 spiro atoms. The number of benzene rings is 1. The summed E-state index contributed by atoms with van der Waals surface area (Å²) in [6.07, 6.45) is 0. The van der Waals surface area contributed by atoms with E-state index in [1.165, 1.54) is 6.07 Å². The molecule has 0 aliphatic rings. The summed E-state index contributed by atoms with van der Waals surface area (Å²) in [4.78, 5) is 0. The Bertz CT molecular complexity index is 525. The summed E-state index contributed by atoms with van der Waals surface area (Å²) in [6, 6.07) is 6.38. The number of nitrogen functional groups attached to an aromatic ring is 1. The smallest absolute Gasteiger partial charge is 0.387 e. The molecular weight excluding hydrogens is 228 g/mol. The Labute approximate surface area is 96.4 Å². The predicted molar refractivity (Wildman–Crippen MR) is 59.8 cm³/mol. The molecule has 0 radical (unpaired) electrons. The summed E-state index contributed by atoms with van der Waals surface area (Å²) in [6.45, 7) is -1.02. The number of aromatic amines is 1. The van der Waals surface area contributed by atoms with Crippen LogP contribution in [0.3, 0.4) is 0 Å². The second-order valence-electron chi connectivity index (χ2n) is 3.56. The van der Waals surface area contributed by atoms with Gasteiger partial charge in [0.1, 0.15) is 11.6 Å². The lowest BCUT2D eigenvalue weighted by Crippen LogP contribution is -2.02. The van der Waals surface area contributed by atoms with Crippen LogP contribution in [0.5, 0.6) is 5.75 Å². The number of halogens is 2. The van der Waals surface area contributed by atoms with Crippen LogP contribution in [-0.4, -0.2) is 16.8 Å². The van der Waals surface area contributed by atoms with Crippen LogP contribution in [0, 0.1) is 6.92 Å². The van der Waals surface area contributed by atoms with Crippen molar-refractivity contribution in [3.05, 3.63) is 29.8 Å².